The van der Waals surface area contributed by atoms with Crippen LogP contribution in [-0.4, -0.2) is 30.2 Å². The van der Waals surface area contributed by atoms with Gasteiger partial charge in [-0.25, -0.2) is 4.39 Å². The number of carboxylic acid groups (broad SMARTS) is 1. The number of carboxylic acids is 1. The number of anilines is 1. The Kier molecular flexibility index (Phi) is 5.36. The quantitative estimate of drug-likeness (QED) is 0.827. The van der Waals surface area contributed by atoms with E-state index in [9.17, 15) is 14.0 Å². The van der Waals surface area contributed by atoms with Crippen LogP contribution in [0.5, 0.6) is 11.5 Å². The van der Waals surface area contributed by atoms with E-state index in [1.54, 1.807) is 18.2 Å². The van der Waals surface area contributed by atoms with Crippen LogP contribution in [0.1, 0.15) is 24.3 Å². The van der Waals surface area contributed by atoms with E-state index < -0.39 is 17.7 Å². The van der Waals surface area contributed by atoms with E-state index in [0.717, 1.165) is 0 Å². The van der Waals surface area contributed by atoms with E-state index in [2.05, 4.69) is 5.32 Å². The molecule has 7 heteroatoms. The molecule has 0 aromatic heterocycles. The van der Waals surface area contributed by atoms with Crippen molar-refractivity contribution in [3.8, 4) is 11.5 Å². The smallest absolute Gasteiger partial charge is 0.303 e. The second-order valence-corrected chi connectivity index (χ2v) is 5.96. The number of benzene rings is 2. The number of carbonyl (C=O) groups is 2. The SMILES string of the molecule is O=C(O)CC(CC(=O)Nc1ccc2c(c1)OCCO2)c1ccc(F)cc1. The summed E-state index contributed by atoms with van der Waals surface area (Å²) < 4.78 is 24.0. The highest BCUT2D eigenvalue weighted by Crippen LogP contribution is 2.33. The molecule has 136 valence electrons. The average molecular weight is 359 g/mol. The molecule has 3 rings (SSSR count). The zero-order chi connectivity index (χ0) is 18.5. The van der Waals surface area contributed by atoms with Gasteiger partial charge in [0, 0.05) is 24.1 Å². The average Bonchev–Trinajstić information content (AvgIpc) is 2.61. The lowest BCUT2D eigenvalue weighted by molar-refractivity contribution is -0.137. The molecule has 1 atom stereocenters. The van der Waals surface area contributed by atoms with Crippen molar-refractivity contribution in [2.24, 2.45) is 0 Å². The predicted molar refractivity (Wildman–Crippen MR) is 92.1 cm³/mol. The van der Waals surface area contributed by atoms with Crippen LogP contribution in [0.4, 0.5) is 10.1 Å². The van der Waals surface area contributed by atoms with Gasteiger partial charge in [-0.05, 0) is 29.8 Å². The zero-order valence-corrected chi connectivity index (χ0v) is 13.9. The molecule has 0 saturated carbocycles. The highest BCUT2D eigenvalue weighted by molar-refractivity contribution is 5.92. The Morgan fingerprint density at radius 3 is 2.42 bits per heavy atom. The molecule has 1 aliphatic rings. The minimum absolute atomic E-state index is 0.0353. The van der Waals surface area contributed by atoms with Crippen molar-refractivity contribution in [1.29, 1.82) is 0 Å². The number of hydrogen-bond donors (Lipinski definition) is 2. The Morgan fingerprint density at radius 1 is 1.04 bits per heavy atom. The first-order valence-corrected chi connectivity index (χ1v) is 8.18. The van der Waals surface area contributed by atoms with Gasteiger partial charge in [-0.3, -0.25) is 9.59 Å². The van der Waals surface area contributed by atoms with Gasteiger partial charge in [0.25, 0.3) is 0 Å². The number of ether oxygens (including phenoxy) is 2. The van der Waals surface area contributed by atoms with Gasteiger partial charge >= 0.3 is 5.97 Å². The Labute approximate surface area is 149 Å². The standard InChI is InChI=1S/C19H18FNO5/c20-14-3-1-12(2-4-14)13(10-19(23)24)9-18(22)21-15-5-6-16-17(11-15)26-8-7-25-16/h1-6,11,13H,7-10H2,(H,21,22)(H,23,24). The summed E-state index contributed by atoms with van der Waals surface area (Å²) >= 11 is 0. The Bertz CT molecular complexity index is 806. The number of fused-ring (bicyclic) bond motifs is 1. The van der Waals surface area contributed by atoms with Crippen LogP contribution in [0.3, 0.4) is 0 Å². The van der Waals surface area contributed by atoms with Gasteiger partial charge < -0.3 is 19.9 Å². The number of rotatable bonds is 6. The number of halogens is 1. The van der Waals surface area contributed by atoms with Gasteiger partial charge in [-0.2, -0.15) is 0 Å². The van der Waals surface area contributed by atoms with Gasteiger partial charge in [-0.15, -0.1) is 0 Å². The summed E-state index contributed by atoms with van der Waals surface area (Å²) in [5, 5.41) is 11.8. The third kappa shape index (κ3) is 4.50. The van der Waals surface area contributed by atoms with Crippen LogP contribution >= 0.6 is 0 Å². The molecule has 1 heterocycles. The lowest BCUT2D eigenvalue weighted by atomic mass is 9.92. The molecule has 0 spiro atoms. The molecule has 0 aliphatic carbocycles. The monoisotopic (exact) mass is 359 g/mol. The molecule has 2 N–H and O–H groups in total. The van der Waals surface area contributed by atoms with Crippen LogP contribution in [0.2, 0.25) is 0 Å². The molecule has 0 fully saturated rings. The molecule has 0 bridgehead atoms. The summed E-state index contributed by atoms with van der Waals surface area (Å²) in [4.78, 5) is 23.5. The molecule has 2 aromatic rings. The molecule has 26 heavy (non-hydrogen) atoms. The maximum Gasteiger partial charge on any atom is 0.303 e. The largest absolute Gasteiger partial charge is 0.486 e. The van der Waals surface area contributed by atoms with Gasteiger partial charge in [0.05, 0.1) is 6.42 Å². The van der Waals surface area contributed by atoms with Crippen LogP contribution in [0.25, 0.3) is 0 Å². The second-order valence-electron chi connectivity index (χ2n) is 5.96. The third-order valence-corrected chi connectivity index (χ3v) is 4.02. The number of nitrogens with one attached hydrogen (secondary N) is 1. The Morgan fingerprint density at radius 2 is 1.73 bits per heavy atom. The predicted octanol–water partition coefficient (Wildman–Crippen LogP) is 3.18. The second kappa shape index (κ2) is 7.86. The Hall–Kier alpha value is -3.09. The summed E-state index contributed by atoms with van der Waals surface area (Å²) in [5.74, 6) is -1.16. The normalized spacial score (nSPS) is 13.7. The number of carbonyl (C=O) groups excluding carboxylic acids is 1. The number of hydrogen-bond acceptors (Lipinski definition) is 4. The lowest BCUT2D eigenvalue weighted by Crippen LogP contribution is -2.19. The van der Waals surface area contributed by atoms with Gasteiger partial charge in [0.15, 0.2) is 11.5 Å². The number of amides is 1. The summed E-state index contributed by atoms with van der Waals surface area (Å²) in [6, 6.07) is 10.6. The van der Waals surface area contributed by atoms with Crippen molar-refractivity contribution >= 4 is 17.6 Å². The first-order valence-electron chi connectivity index (χ1n) is 8.18. The highest BCUT2D eigenvalue weighted by Gasteiger charge is 2.20. The summed E-state index contributed by atoms with van der Waals surface area (Å²) in [5.41, 5.74) is 1.14. The topological polar surface area (TPSA) is 84.9 Å². The summed E-state index contributed by atoms with van der Waals surface area (Å²) in [6.45, 7) is 0.920. The minimum Gasteiger partial charge on any atom is -0.486 e. The van der Waals surface area contributed by atoms with Crippen LogP contribution in [0.15, 0.2) is 42.5 Å². The van der Waals surface area contributed by atoms with E-state index in [-0.39, 0.29) is 18.7 Å². The Balaban J connectivity index is 1.69. The lowest BCUT2D eigenvalue weighted by Gasteiger charge is -2.19. The van der Waals surface area contributed by atoms with E-state index in [0.29, 0.717) is 36.0 Å². The van der Waals surface area contributed by atoms with Crippen molar-refractivity contribution in [3.05, 3.63) is 53.8 Å². The van der Waals surface area contributed by atoms with E-state index >= 15 is 0 Å². The van der Waals surface area contributed by atoms with Crippen LogP contribution < -0.4 is 14.8 Å². The number of aliphatic carboxylic acids is 1. The van der Waals surface area contributed by atoms with Crippen molar-refractivity contribution in [3.63, 3.8) is 0 Å². The fourth-order valence-electron chi connectivity index (χ4n) is 2.81. The summed E-state index contributed by atoms with van der Waals surface area (Å²) in [6.07, 6.45) is -0.257. The molecule has 1 unspecified atom stereocenters. The van der Waals surface area contributed by atoms with E-state index in [1.807, 2.05) is 0 Å². The fraction of sp³-hybridized carbons (Fsp3) is 0.263. The third-order valence-electron chi connectivity index (χ3n) is 4.02. The van der Waals surface area contributed by atoms with E-state index in [1.165, 1.54) is 24.3 Å². The zero-order valence-electron chi connectivity index (χ0n) is 13.9. The maximum atomic E-state index is 13.1. The molecular weight excluding hydrogens is 341 g/mol. The molecular formula is C19H18FNO5. The molecule has 0 radical (unpaired) electrons. The van der Waals surface area contributed by atoms with Crippen molar-refractivity contribution in [2.45, 2.75) is 18.8 Å². The summed E-state index contributed by atoms with van der Waals surface area (Å²) in [7, 11) is 0. The van der Waals surface area contributed by atoms with Gasteiger partial charge in [0.2, 0.25) is 5.91 Å². The van der Waals surface area contributed by atoms with Gasteiger partial charge in [0.1, 0.15) is 19.0 Å². The highest BCUT2D eigenvalue weighted by atomic mass is 19.1. The van der Waals surface area contributed by atoms with E-state index in [4.69, 9.17) is 14.6 Å². The molecule has 6 nitrogen and oxygen atoms in total. The minimum atomic E-state index is -1.02. The van der Waals surface area contributed by atoms with Crippen LogP contribution in [0, 0.1) is 5.82 Å². The van der Waals surface area contributed by atoms with Crippen molar-refractivity contribution < 1.29 is 28.6 Å². The van der Waals surface area contributed by atoms with Crippen LogP contribution in [-0.2, 0) is 9.59 Å². The fourth-order valence-corrected chi connectivity index (χ4v) is 2.81. The molecule has 1 amide bonds. The molecule has 2 aromatic carbocycles. The van der Waals surface area contributed by atoms with Crippen molar-refractivity contribution in [1.82, 2.24) is 0 Å². The first-order chi connectivity index (χ1) is 12.5. The maximum absolute atomic E-state index is 13.1. The molecule has 0 saturated heterocycles. The molecule has 1 aliphatic heterocycles. The van der Waals surface area contributed by atoms with Crippen molar-refractivity contribution in [2.75, 3.05) is 18.5 Å². The van der Waals surface area contributed by atoms with Gasteiger partial charge in [-0.1, -0.05) is 12.1 Å². The first kappa shape index (κ1) is 17.7.